The van der Waals surface area contributed by atoms with Crippen LogP contribution in [0.25, 0.3) is 0 Å². The number of benzene rings is 2. The average Bonchev–Trinajstić information content (AvgIpc) is 2.98. The number of nitrogens with one attached hydrogen (secondary N) is 1. The van der Waals surface area contributed by atoms with Gasteiger partial charge in [0, 0.05) is 12.2 Å². The van der Waals surface area contributed by atoms with Crippen LogP contribution in [0.15, 0.2) is 42.5 Å². The van der Waals surface area contributed by atoms with Crippen molar-refractivity contribution in [3.8, 4) is 5.75 Å². The van der Waals surface area contributed by atoms with Crippen molar-refractivity contribution in [1.82, 2.24) is 0 Å². The fourth-order valence-corrected chi connectivity index (χ4v) is 4.64. The molecular weight excluding hydrogens is 364 g/mol. The highest BCUT2D eigenvalue weighted by Crippen LogP contribution is 2.28. The molecule has 1 heterocycles. The number of aryl methyl sites for hydroxylation is 1. The van der Waals surface area contributed by atoms with E-state index in [1.54, 1.807) is 12.1 Å². The Kier molecular flexibility index (Phi) is 5.70. The third kappa shape index (κ3) is 4.60. The molecule has 1 N–H and O–H groups in total. The van der Waals surface area contributed by atoms with E-state index in [-0.39, 0.29) is 18.1 Å². The van der Waals surface area contributed by atoms with Crippen LogP contribution in [0, 0.1) is 6.92 Å². The largest absolute Gasteiger partial charge is 0.494 e. The van der Waals surface area contributed by atoms with Gasteiger partial charge in [-0.05, 0) is 55.7 Å². The van der Waals surface area contributed by atoms with Crippen LogP contribution in [0.4, 0.5) is 11.4 Å². The van der Waals surface area contributed by atoms with Crippen molar-refractivity contribution in [1.29, 1.82) is 0 Å². The summed E-state index contributed by atoms with van der Waals surface area (Å²) in [4.78, 5) is 12.4. The molecule has 1 fully saturated rings. The summed E-state index contributed by atoms with van der Waals surface area (Å²) < 4.78 is 31.1. The van der Waals surface area contributed by atoms with Crippen molar-refractivity contribution in [2.45, 2.75) is 26.7 Å². The quantitative estimate of drug-likeness (QED) is 0.825. The minimum absolute atomic E-state index is 0.149. The summed E-state index contributed by atoms with van der Waals surface area (Å²) in [7, 11) is -3.25. The van der Waals surface area contributed by atoms with Crippen LogP contribution >= 0.6 is 0 Å². The van der Waals surface area contributed by atoms with E-state index >= 15 is 0 Å². The Hall–Kier alpha value is -2.54. The smallest absolute Gasteiger partial charge is 0.235 e. The van der Waals surface area contributed by atoms with Gasteiger partial charge in [0.05, 0.1) is 24.5 Å². The second-order valence-electron chi connectivity index (χ2n) is 6.54. The van der Waals surface area contributed by atoms with E-state index in [1.165, 1.54) is 4.31 Å². The van der Waals surface area contributed by atoms with Gasteiger partial charge in [0.2, 0.25) is 15.9 Å². The van der Waals surface area contributed by atoms with Crippen LogP contribution in [-0.2, 0) is 21.2 Å². The van der Waals surface area contributed by atoms with Gasteiger partial charge in [-0.1, -0.05) is 18.2 Å². The van der Waals surface area contributed by atoms with Gasteiger partial charge in [0.25, 0.3) is 0 Å². The van der Waals surface area contributed by atoms with Gasteiger partial charge >= 0.3 is 0 Å². The molecule has 2 aromatic carbocycles. The summed E-state index contributed by atoms with van der Waals surface area (Å²) in [6.45, 7) is 4.88. The minimum atomic E-state index is -3.25. The highest BCUT2D eigenvalue weighted by atomic mass is 32.2. The summed E-state index contributed by atoms with van der Waals surface area (Å²) in [5.74, 6) is 0.793. The zero-order valence-corrected chi connectivity index (χ0v) is 16.4. The van der Waals surface area contributed by atoms with E-state index in [0.29, 0.717) is 30.9 Å². The number of carbonyl (C=O) groups is 1. The second kappa shape index (κ2) is 8.00. The third-order valence-corrected chi connectivity index (χ3v) is 6.35. The standard InChI is InChI=1S/C20H24N2O4S/c1-3-26-18-9-6-16(7-10-18)13-20(23)21-19-14-17(8-5-15(19)2)22-11-4-12-27(22,24)25/h5-10,14H,3-4,11-13H2,1-2H3,(H,21,23). The maximum Gasteiger partial charge on any atom is 0.235 e. The molecule has 0 radical (unpaired) electrons. The predicted molar refractivity (Wildman–Crippen MR) is 107 cm³/mol. The van der Waals surface area contributed by atoms with E-state index in [1.807, 2.05) is 44.2 Å². The number of amides is 1. The molecule has 1 aliphatic rings. The van der Waals surface area contributed by atoms with Gasteiger partial charge in [0.1, 0.15) is 5.75 Å². The summed E-state index contributed by atoms with van der Waals surface area (Å²) >= 11 is 0. The first-order valence-corrected chi connectivity index (χ1v) is 10.6. The normalized spacial score (nSPS) is 15.6. The zero-order valence-electron chi connectivity index (χ0n) is 15.6. The maximum absolute atomic E-state index is 12.4. The van der Waals surface area contributed by atoms with E-state index in [9.17, 15) is 13.2 Å². The molecule has 3 rings (SSSR count). The lowest BCUT2D eigenvalue weighted by molar-refractivity contribution is -0.115. The first-order valence-electron chi connectivity index (χ1n) is 9.01. The van der Waals surface area contributed by atoms with Crippen molar-refractivity contribution in [2.24, 2.45) is 0 Å². The van der Waals surface area contributed by atoms with Crippen LogP contribution in [-0.4, -0.2) is 33.2 Å². The highest BCUT2D eigenvalue weighted by Gasteiger charge is 2.28. The van der Waals surface area contributed by atoms with Gasteiger partial charge in [0.15, 0.2) is 0 Å². The molecular formula is C20H24N2O4S. The molecule has 1 saturated heterocycles. The number of anilines is 2. The van der Waals surface area contributed by atoms with Crippen molar-refractivity contribution in [3.05, 3.63) is 53.6 Å². The van der Waals surface area contributed by atoms with Crippen molar-refractivity contribution in [2.75, 3.05) is 28.5 Å². The van der Waals surface area contributed by atoms with Gasteiger partial charge in [-0.15, -0.1) is 0 Å². The van der Waals surface area contributed by atoms with Crippen molar-refractivity contribution >= 4 is 27.3 Å². The Morgan fingerprint density at radius 1 is 1.19 bits per heavy atom. The fraction of sp³-hybridized carbons (Fsp3) is 0.350. The number of nitrogens with zero attached hydrogens (tertiary/aromatic N) is 1. The Morgan fingerprint density at radius 2 is 1.93 bits per heavy atom. The van der Waals surface area contributed by atoms with Crippen molar-refractivity contribution in [3.63, 3.8) is 0 Å². The Labute approximate surface area is 160 Å². The highest BCUT2D eigenvalue weighted by molar-refractivity contribution is 7.93. The molecule has 0 spiro atoms. The van der Waals surface area contributed by atoms with E-state index in [0.717, 1.165) is 16.9 Å². The van der Waals surface area contributed by atoms with E-state index < -0.39 is 10.0 Å². The van der Waals surface area contributed by atoms with Gasteiger partial charge < -0.3 is 10.1 Å². The van der Waals surface area contributed by atoms with Gasteiger partial charge in [-0.25, -0.2) is 8.42 Å². The summed E-state index contributed by atoms with van der Waals surface area (Å²) in [6.07, 6.45) is 0.855. The second-order valence-corrected chi connectivity index (χ2v) is 8.56. The van der Waals surface area contributed by atoms with Crippen LogP contribution in [0.1, 0.15) is 24.5 Å². The van der Waals surface area contributed by atoms with Crippen LogP contribution in [0.3, 0.4) is 0 Å². The number of carbonyl (C=O) groups excluding carboxylic acids is 1. The predicted octanol–water partition coefficient (Wildman–Crippen LogP) is 3.11. The third-order valence-electron chi connectivity index (χ3n) is 4.48. The summed E-state index contributed by atoms with van der Waals surface area (Å²) in [5, 5.41) is 2.90. The molecule has 2 aromatic rings. The number of hydrogen-bond donors (Lipinski definition) is 1. The van der Waals surface area contributed by atoms with Crippen LogP contribution in [0.5, 0.6) is 5.75 Å². The zero-order chi connectivity index (χ0) is 19.4. The number of sulfonamides is 1. The van der Waals surface area contributed by atoms with Crippen LogP contribution < -0.4 is 14.4 Å². The molecule has 6 nitrogen and oxygen atoms in total. The Balaban J connectivity index is 1.71. The number of ether oxygens (including phenoxy) is 1. The molecule has 7 heteroatoms. The molecule has 0 atom stereocenters. The van der Waals surface area contributed by atoms with Crippen molar-refractivity contribution < 1.29 is 17.9 Å². The lowest BCUT2D eigenvalue weighted by Crippen LogP contribution is -2.25. The Morgan fingerprint density at radius 3 is 2.56 bits per heavy atom. The average molecular weight is 388 g/mol. The first kappa shape index (κ1) is 19.2. The SMILES string of the molecule is CCOc1ccc(CC(=O)Nc2cc(N3CCCS3(=O)=O)ccc2C)cc1. The molecule has 0 aliphatic carbocycles. The Bertz CT molecular complexity index is 923. The van der Waals surface area contributed by atoms with E-state index in [2.05, 4.69) is 5.32 Å². The molecule has 27 heavy (non-hydrogen) atoms. The van der Waals surface area contributed by atoms with E-state index in [4.69, 9.17) is 4.74 Å². The monoisotopic (exact) mass is 388 g/mol. The van der Waals surface area contributed by atoms with Crippen LogP contribution in [0.2, 0.25) is 0 Å². The topological polar surface area (TPSA) is 75.7 Å². The molecule has 1 aliphatic heterocycles. The fourth-order valence-electron chi connectivity index (χ4n) is 3.08. The molecule has 0 saturated carbocycles. The molecule has 1 amide bonds. The summed E-state index contributed by atoms with van der Waals surface area (Å²) in [5.41, 5.74) is 2.99. The minimum Gasteiger partial charge on any atom is -0.494 e. The summed E-state index contributed by atoms with van der Waals surface area (Å²) in [6, 6.07) is 12.8. The lowest BCUT2D eigenvalue weighted by Gasteiger charge is -2.19. The molecule has 0 unspecified atom stereocenters. The number of hydrogen-bond acceptors (Lipinski definition) is 4. The molecule has 0 aromatic heterocycles. The van der Waals surface area contributed by atoms with Gasteiger partial charge in [-0.2, -0.15) is 0 Å². The van der Waals surface area contributed by atoms with Gasteiger partial charge in [-0.3, -0.25) is 9.10 Å². The number of rotatable bonds is 6. The first-order chi connectivity index (χ1) is 12.9. The maximum atomic E-state index is 12.4. The molecule has 0 bridgehead atoms. The lowest BCUT2D eigenvalue weighted by atomic mass is 10.1. The molecule has 144 valence electrons.